The van der Waals surface area contributed by atoms with E-state index in [1.807, 2.05) is 0 Å². The molecule has 0 radical (unpaired) electrons. The lowest BCUT2D eigenvalue weighted by molar-refractivity contribution is -0.107. The number of aldehydes is 1. The average molecular weight is 192 g/mol. The maximum atomic E-state index is 13.1. The molecule has 0 saturated heterocycles. The molecule has 14 heavy (non-hydrogen) atoms. The number of rotatable bonds is 2. The van der Waals surface area contributed by atoms with Crippen LogP contribution in [0.25, 0.3) is 0 Å². The number of halogens is 1. The van der Waals surface area contributed by atoms with E-state index in [9.17, 15) is 9.18 Å². The smallest absolute Gasteiger partial charge is 0.139 e. The van der Waals surface area contributed by atoms with Crippen LogP contribution in [0.2, 0.25) is 0 Å². The van der Waals surface area contributed by atoms with E-state index in [0.717, 1.165) is 0 Å². The molecule has 72 valence electrons. The molecule has 2 nitrogen and oxygen atoms in total. The summed E-state index contributed by atoms with van der Waals surface area (Å²) in [7, 11) is 1.50. The summed E-state index contributed by atoms with van der Waals surface area (Å²) in [5, 5.41) is 0. The maximum Gasteiger partial charge on any atom is 0.139 e. The summed E-state index contributed by atoms with van der Waals surface area (Å²) in [6, 6.07) is 4.29. The average Bonchev–Trinajstić information content (AvgIpc) is 2.21. The van der Waals surface area contributed by atoms with Gasteiger partial charge in [0.1, 0.15) is 17.9 Å². The number of carbonyl (C=O) groups excluding carboxylic acids is 1. The standard InChI is InChI=1S/C11H9FO2/c1-14-10-5-6-11(12)9(8-10)4-2-3-7-13/h5-8H,3H2,1H3. The lowest BCUT2D eigenvalue weighted by Crippen LogP contribution is -1.87. The molecule has 0 unspecified atom stereocenters. The molecule has 1 rings (SSSR count). The van der Waals surface area contributed by atoms with Gasteiger partial charge in [-0.05, 0) is 18.2 Å². The molecule has 0 saturated carbocycles. The van der Waals surface area contributed by atoms with Gasteiger partial charge in [-0.25, -0.2) is 4.39 Å². The van der Waals surface area contributed by atoms with Crippen molar-refractivity contribution in [3.63, 3.8) is 0 Å². The highest BCUT2D eigenvalue weighted by Crippen LogP contribution is 2.15. The fourth-order valence-electron chi connectivity index (χ4n) is 0.915. The molecule has 1 aromatic carbocycles. The second-order valence-electron chi connectivity index (χ2n) is 2.52. The van der Waals surface area contributed by atoms with E-state index >= 15 is 0 Å². The molecule has 0 amide bonds. The number of benzene rings is 1. The Labute approximate surface area is 81.7 Å². The molecule has 0 atom stereocenters. The van der Waals surface area contributed by atoms with E-state index in [1.54, 1.807) is 0 Å². The number of hydrogen-bond acceptors (Lipinski definition) is 2. The molecular weight excluding hydrogens is 183 g/mol. The predicted molar refractivity (Wildman–Crippen MR) is 50.5 cm³/mol. The topological polar surface area (TPSA) is 26.3 Å². The van der Waals surface area contributed by atoms with Crippen LogP contribution < -0.4 is 4.74 Å². The van der Waals surface area contributed by atoms with Gasteiger partial charge in [-0.1, -0.05) is 11.8 Å². The Morgan fingerprint density at radius 3 is 3.00 bits per heavy atom. The van der Waals surface area contributed by atoms with Crippen molar-refractivity contribution in [2.45, 2.75) is 6.42 Å². The first kappa shape index (κ1) is 10.3. The van der Waals surface area contributed by atoms with Crippen LogP contribution in [0.4, 0.5) is 4.39 Å². The highest BCUT2D eigenvalue weighted by atomic mass is 19.1. The van der Waals surface area contributed by atoms with Crippen molar-refractivity contribution in [2.24, 2.45) is 0 Å². The lowest BCUT2D eigenvalue weighted by Gasteiger charge is -1.99. The van der Waals surface area contributed by atoms with Gasteiger partial charge in [0.05, 0.1) is 19.1 Å². The minimum Gasteiger partial charge on any atom is -0.497 e. The van der Waals surface area contributed by atoms with Crippen molar-refractivity contribution < 1.29 is 13.9 Å². The zero-order valence-electron chi connectivity index (χ0n) is 7.71. The van der Waals surface area contributed by atoms with E-state index in [4.69, 9.17) is 4.74 Å². The number of ether oxygens (including phenoxy) is 1. The van der Waals surface area contributed by atoms with Crippen molar-refractivity contribution in [3.05, 3.63) is 29.6 Å². The highest BCUT2D eigenvalue weighted by molar-refractivity contribution is 5.55. The Morgan fingerprint density at radius 1 is 1.57 bits per heavy atom. The Bertz CT molecular complexity index is 388. The third-order valence-corrected chi connectivity index (χ3v) is 1.58. The Kier molecular flexibility index (Phi) is 3.69. The van der Waals surface area contributed by atoms with Gasteiger partial charge in [0.15, 0.2) is 0 Å². The number of methoxy groups -OCH3 is 1. The van der Waals surface area contributed by atoms with Crippen molar-refractivity contribution in [3.8, 4) is 17.6 Å². The molecule has 0 aliphatic rings. The third-order valence-electron chi connectivity index (χ3n) is 1.58. The van der Waals surface area contributed by atoms with Crippen molar-refractivity contribution in [1.82, 2.24) is 0 Å². The SMILES string of the molecule is COc1ccc(F)c(C#CCC=O)c1. The van der Waals surface area contributed by atoms with Crippen LogP contribution in [-0.2, 0) is 4.79 Å². The monoisotopic (exact) mass is 192 g/mol. The molecule has 0 fully saturated rings. The van der Waals surface area contributed by atoms with Crippen LogP contribution in [0.3, 0.4) is 0 Å². The molecule has 0 aliphatic carbocycles. The van der Waals surface area contributed by atoms with Crippen LogP contribution in [0, 0.1) is 17.7 Å². The summed E-state index contributed by atoms with van der Waals surface area (Å²) in [5.41, 5.74) is 0.242. The van der Waals surface area contributed by atoms with Gasteiger partial charge in [0.25, 0.3) is 0 Å². The van der Waals surface area contributed by atoms with Crippen LogP contribution in [0.1, 0.15) is 12.0 Å². The Balaban J connectivity index is 2.96. The fourth-order valence-corrected chi connectivity index (χ4v) is 0.915. The molecule has 0 aromatic heterocycles. The van der Waals surface area contributed by atoms with Gasteiger partial charge in [0, 0.05) is 0 Å². The molecule has 0 N–H and O–H groups in total. The Hall–Kier alpha value is -1.82. The van der Waals surface area contributed by atoms with Gasteiger partial charge in [-0.15, -0.1) is 0 Å². The summed E-state index contributed by atoms with van der Waals surface area (Å²) in [6.07, 6.45) is 0.779. The fraction of sp³-hybridized carbons (Fsp3) is 0.182. The van der Waals surface area contributed by atoms with E-state index in [2.05, 4.69) is 11.8 Å². The first-order valence-electron chi connectivity index (χ1n) is 4.04. The van der Waals surface area contributed by atoms with Crippen molar-refractivity contribution in [1.29, 1.82) is 0 Å². The zero-order valence-corrected chi connectivity index (χ0v) is 7.71. The van der Waals surface area contributed by atoms with Crippen molar-refractivity contribution in [2.75, 3.05) is 7.11 Å². The molecule has 3 heteroatoms. The summed E-state index contributed by atoms with van der Waals surface area (Å²) < 4.78 is 18.0. The molecule has 1 aromatic rings. The molecule has 0 spiro atoms. The van der Waals surface area contributed by atoms with Gasteiger partial charge >= 0.3 is 0 Å². The molecule has 0 bridgehead atoms. The summed E-state index contributed by atoms with van der Waals surface area (Å²) in [6.45, 7) is 0. The minimum atomic E-state index is -0.413. The van der Waals surface area contributed by atoms with E-state index in [1.165, 1.54) is 25.3 Å². The molecule has 0 heterocycles. The second-order valence-corrected chi connectivity index (χ2v) is 2.52. The summed E-state index contributed by atoms with van der Waals surface area (Å²) in [5.74, 6) is 5.21. The lowest BCUT2D eigenvalue weighted by atomic mass is 10.2. The Morgan fingerprint density at radius 2 is 2.36 bits per heavy atom. The summed E-state index contributed by atoms with van der Waals surface area (Å²) in [4.78, 5) is 9.98. The van der Waals surface area contributed by atoms with E-state index in [-0.39, 0.29) is 12.0 Å². The van der Waals surface area contributed by atoms with Gasteiger partial charge in [0.2, 0.25) is 0 Å². The van der Waals surface area contributed by atoms with E-state index < -0.39 is 5.82 Å². The van der Waals surface area contributed by atoms with Gasteiger partial charge < -0.3 is 9.53 Å². The molecule has 0 aliphatic heterocycles. The number of carbonyl (C=O) groups is 1. The highest BCUT2D eigenvalue weighted by Gasteiger charge is 2.00. The van der Waals surface area contributed by atoms with Crippen LogP contribution in [0.5, 0.6) is 5.75 Å². The molecular formula is C11H9FO2. The van der Waals surface area contributed by atoms with Gasteiger partial charge in [-0.3, -0.25) is 0 Å². The third kappa shape index (κ3) is 2.60. The number of hydrogen-bond donors (Lipinski definition) is 0. The quantitative estimate of drug-likeness (QED) is 0.527. The van der Waals surface area contributed by atoms with E-state index in [0.29, 0.717) is 12.0 Å². The predicted octanol–water partition coefficient (Wildman–Crippen LogP) is 1.77. The van der Waals surface area contributed by atoms with Crippen LogP contribution in [0.15, 0.2) is 18.2 Å². The van der Waals surface area contributed by atoms with Crippen molar-refractivity contribution >= 4 is 6.29 Å². The first-order valence-corrected chi connectivity index (χ1v) is 4.04. The summed E-state index contributed by atoms with van der Waals surface area (Å²) >= 11 is 0. The normalized spacial score (nSPS) is 8.71. The van der Waals surface area contributed by atoms with Crippen LogP contribution >= 0.6 is 0 Å². The maximum absolute atomic E-state index is 13.1. The van der Waals surface area contributed by atoms with Crippen LogP contribution in [-0.4, -0.2) is 13.4 Å². The largest absolute Gasteiger partial charge is 0.497 e. The second kappa shape index (κ2) is 5.03. The zero-order chi connectivity index (χ0) is 10.4. The minimum absolute atomic E-state index is 0.108. The first-order chi connectivity index (χ1) is 6.77. The van der Waals surface area contributed by atoms with Gasteiger partial charge in [-0.2, -0.15) is 0 Å².